The third kappa shape index (κ3) is 6.66. The third-order valence-electron chi connectivity index (χ3n) is 1.57. The number of thioether (sulfide) groups is 1. The molecule has 0 saturated carbocycles. The molecular formula is C8H19NOS. The van der Waals surface area contributed by atoms with Gasteiger partial charge in [-0.2, -0.15) is 11.8 Å². The molecule has 0 aromatic carbocycles. The zero-order valence-corrected chi connectivity index (χ0v) is 8.70. The van der Waals surface area contributed by atoms with E-state index in [1.165, 1.54) is 0 Å². The van der Waals surface area contributed by atoms with Gasteiger partial charge in [0.05, 0.1) is 6.10 Å². The van der Waals surface area contributed by atoms with Crippen LogP contribution >= 0.6 is 11.8 Å². The molecule has 0 aliphatic heterocycles. The first-order valence-electron chi connectivity index (χ1n) is 3.95. The molecular weight excluding hydrogens is 158 g/mol. The summed E-state index contributed by atoms with van der Waals surface area (Å²) in [5.41, 5.74) is 0. The zero-order valence-electron chi connectivity index (χ0n) is 7.89. The molecule has 0 rings (SSSR count). The van der Waals surface area contributed by atoms with Gasteiger partial charge in [-0.3, -0.25) is 0 Å². The summed E-state index contributed by atoms with van der Waals surface area (Å²) in [5.74, 6) is 1.16. The molecule has 0 spiro atoms. The van der Waals surface area contributed by atoms with Crippen molar-refractivity contribution in [3.8, 4) is 0 Å². The number of methoxy groups -OCH3 is 1. The highest BCUT2D eigenvalue weighted by Gasteiger charge is 2.02. The van der Waals surface area contributed by atoms with Crippen LogP contribution in [0, 0.1) is 0 Å². The molecule has 68 valence electrons. The van der Waals surface area contributed by atoms with Gasteiger partial charge in [-0.25, -0.2) is 0 Å². The summed E-state index contributed by atoms with van der Waals surface area (Å²) in [5, 5.41) is 3.39. The fourth-order valence-corrected chi connectivity index (χ4v) is 1.38. The van der Waals surface area contributed by atoms with E-state index >= 15 is 0 Å². The Labute approximate surface area is 74.1 Å². The first-order valence-corrected chi connectivity index (χ1v) is 5.35. The Morgan fingerprint density at radius 3 is 2.55 bits per heavy atom. The molecule has 1 N–H and O–H groups in total. The molecule has 0 radical (unpaired) electrons. The van der Waals surface area contributed by atoms with Gasteiger partial charge in [0.25, 0.3) is 0 Å². The van der Waals surface area contributed by atoms with Crippen LogP contribution in [-0.2, 0) is 4.74 Å². The molecule has 2 unspecified atom stereocenters. The van der Waals surface area contributed by atoms with Gasteiger partial charge < -0.3 is 10.1 Å². The van der Waals surface area contributed by atoms with Crippen molar-refractivity contribution >= 4 is 11.8 Å². The predicted molar refractivity (Wildman–Crippen MR) is 52.3 cm³/mol. The van der Waals surface area contributed by atoms with E-state index in [9.17, 15) is 0 Å². The Bertz CT molecular complexity index is 90.2. The normalized spacial score (nSPS) is 16.4. The fourth-order valence-electron chi connectivity index (χ4n) is 0.759. The van der Waals surface area contributed by atoms with E-state index in [0.29, 0.717) is 12.1 Å². The summed E-state index contributed by atoms with van der Waals surface area (Å²) >= 11 is 1.87. The van der Waals surface area contributed by atoms with Crippen LogP contribution < -0.4 is 5.32 Å². The Hall–Kier alpha value is 0.270. The van der Waals surface area contributed by atoms with Gasteiger partial charge in [-0.15, -0.1) is 0 Å². The van der Waals surface area contributed by atoms with Crippen molar-refractivity contribution in [3.05, 3.63) is 0 Å². The maximum Gasteiger partial charge on any atom is 0.0667 e. The van der Waals surface area contributed by atoms with Gasteiger partial charge in [-0.05, 0) is 20.1 Å². The summed E-state index contributed by atoms with van der Waals surface area (Å²) in [6, 6.07) is 0.586. The highest BCUT2D eigenvalue weighted by Crippen LogP contribution is 1.96. The van der Waals surface area contributed by atoms with E-state index in [-0.39, 0.29) is 0 Å². The maximum absolute atomic E-state index is 5.11. The molecule has 0 aliphatic carbocycles. The van der Waals surface area contributed by atoms with Gasteiger partial charge in [0.15, 0.2) is 0 Å². The average Bonchev–Trinajstić information content (AvgIpc) is 2.01. The van der Waals surface area contributed by atoms with Gasteiger partial charge >= 0.3 is 0 Å². The molecule has 0 amide bonds. The molecule has 2 atom stereocenters. The van der Waals surface area contributed by atoms with Gasteiger partial charge in [0.2, 0.25) is 0 Å². The van der Waals surface area contributed by atoms with Crippen LogP contribution in [0.1, 0.15) is 13.8 Å². The lowest BCUT2D eigenvalue weighted by molar-refractivity contribution is 0.115. The highest BCUT2D eigenvalue weighted by molar-refractivity contribution is 7.98. The average molecular weight is 177 g/mol. The Kier molecular flexibility index (Phi) is 7.12. The second kappa shape index (κ2) is 6.95. The van der Waals surface area contributed by atoms with E-state index < -0.39 is 0 Å². The number of nitrogens with one attached hydrogen (secondary N) is 1. The minimum absolute atomic E-state index is 0.319. The van der Waals surface area contributed by atoms with Crippen molar-refractivity contribution in [2.75, 3.05) is 25.7 Å². The van der Waals surface area contributed by atoms with E-state index in [0.717, 1.165) is 12.3 Å². The molecule has 0 aliphatic rings. The SMILES string of the molecule is COC(C)CNC(C)CSC. The molecule has 0 fully saturated rings. The summed E-state index contributed by atoms with van der Waals surface area (Å²) in [7, 11) is 1.74. The quantitative estimate of drug-likeness (QED) is 0.662. The van der Waals surface area contributed by atoms with Crippen molar-refractivity contribution < 1.29 is 4.74 Å². The van der Waals surface area contributed by atoms with Crippen LogP contribution in [0.15, 0.2) is 0 Å². The fraction of sp³-hybridized carbons (Fsp3) is 1.00. The first kappa shape index (κ1) is 11.3. The van der Waals surface area contributed by atoms with Crippen molar-refractivity contribution in [2.45, 2.75) is 26.0 Å². The number of hydrogen-bond acceptors (Lipinski definition) is 3. The maximum atomic E-state index is 5.11. The van der Waals surface area contributed by atoms with Crippen LogP contribution in [-0.4, -0.2) is 37.8 Å². The minimum Gasteiger partial charge on any atom is -0.380 e. The van der Waals surface area contributed by atoms with Crippen molar-refractivity contribution in [2.24, 2.45) is 0 Å². The van der Waals surface area contributed by atoms with Crippen molar-refractivity contribution in [1.82, 2.24) is 5.32 Å². The van der Waals surface area contributed by atoms with E-state index in [1.807, 2.05) is 11.8 Å². The summed E-state index contributed by atoms with van der Waals surface area (Å²) in [6.07, 6.45) is 2.44. The summed E-state index contributed by atoms with van der Waals surface area (Å²) in [4.78, 5) is 0. The summed E-state index contributed by atoms with van der Waals surface area (Å²) in [6.45, 7) is 5.20. The topological polar surface area (TPSA) is 21.3 Å². The van der Waals surface area contributed by atoms with Gasteiger partial charge in [0.1, 0.15) is 0 Å². The lowest BCUT2D eigenvalue weighted by Gasteiger charge is -2.15. The van der Waals surface area contributed by atoms with Crippen LogP contribution in [0.25, 0.3) is 0 Å². The first-order chi connectivity index (χ1) is 5.20. The molecule has 0 aromatic heterocycles. The lowest BCUT2D eigenvalue weighted by Crippen LogP contribution is -2.34. The van der Waals surface area contributed by atoms with Crippen molar-refractivity contribution in [3.63, 3.8) is 0 Å². The third-order valence-corrected chi connectivity index (χ3v) is 2.41. The van der Waals surface area contributed by atoms with Crippen LogP contribution in [0.2, 0.25) is 0 Å². The minimum atomic E-state index is 0.319. The standard InChI is InChI=1S/C8H19NOS/c1-7(6-11-4)9-5-8(2)10-3/h7-9H,5-6H2,1-4H3. The van der Waals surface area contributed by atoms with E-state index in [1.54, 1.807) is 7.11 Å². The number of ether oxygens (including phenoxy) is 1. The Balaban J connectivity index is 3.22. The largest absolute Gasteiger partial charge is 0.380 e. The van der Waals surface area contributed by atoms with Crippen LogP contribution in [0.5, 0.6) is 0 Å². The predicted octanol–water partition coefficient (Wildman–Crippen LogP) is 1.36. The second-order valence-corrected chi connectivity index (χ2v) is 3.72. The molecule has 0 saturated heterocycles. The van der Waals surface area contributed by atoms with E-state index in [4.69, 9.17) is 4.74 Å². The second-order valence-electron chi connectivity index (χ2n) is 2.81. The molecule has 0 bridgehead atoms. The molecule has 11 heavy (non-hydrogen) atoms. The van der Waals surface area contributed by atoms with Crippen LogP contribution in [0.3, 0.4) is 0 Å². The van der Waals surface area contributed by atoms with Crippen molar-refractivity contribution in [1.29, 1.82) is 0 Å². The van der Waals surface area contributed by atoms with Gasteiger partial charge in [-0.1, -0.05) is 0 Å². The molecule has 0 aromatic rings. The van der Waals surface area contributed by atoms with E-state index in [2.05, 4.69) is 25.4 Å². The lowest BCUT2D eigenvalue weighted by atomic mass is 10.3. The molecule has 3 heteroatoms. The number of hydrogen-bond donors (Lipinski definition) is 1. The monoisotopic (exact) mass is 177 g/mol. The zero-order chi connectivity index (χ0) is 8.69. The molecule has 0 heterocycles. The summed E-state index contributed by atoms with van der Waals surface area (Å²) < 4.78 is 5.11. The Morgan fingerprint density at radius 2 is 2.09 bits per heavy atom. The van der Waals surface area contributed by atoms with Crippen LogP contribution in [0.4, 0.5) is 0 Å². The number of rotatable bonds is 6. The van der Waals surface area contributed by atoms with Gasteiger partial charge in [0, 0.05) is 25.4 Å². The Morgan fingerprint density at radius 1 is 1.45 bits per heavy atom. The highest BCUT2D eigenvalue weighted by atomic mass is 32.2. The molecule has 2 nitrogen and oxygen atoms in total. The smallest absolute Gasteiger partial charge is 0.0667 e.